The Morgan fingerprint density at radius 2 is 2.16 bits per heavy atom. The number of aryl methyl sites for hydroxylation is 1. The van der Waals surface area contributed by atoms with Crippen LogP contribution < -0.4 is 4.90 Å². The third kappa shape index (κ3) is 2.66. The summed E-state index contributed by atoms with van der Waals surface area (Å²) in [5.74, 6) is 0.302. The van der Waals surface area contributed by atoms with Crippen molar-refractivity contribution in [3.8, 4) is 0 Å². The summed E-state index contributed by atoms with van der Waals surface area (Å²) >= 11 is 0. The minimum Gasteiger partial charge on any atom is -0.366 e. The predicted molar refractivity (Wildman–Crippen MR) is 77.6 cm³/mol. The summed E-state index contributed by atoms with van der Waals surface area (Å²) < 4.78 is 0. The monoisotopic (exact) mass is 258 g/mol. The van der Waals surface area contributed by atoms with Crippen LogP contribution in [-0.4, -0.2) is 42.9 Å². The Morgan fingerprint density at radius 3 is 3.00 bits per heavy atom. The van der Waals surface area contributed by atoms with Crippen LogP contribution >= 0.6 is 0 Å². The highest BCUT2D eigenvalue weighted by Crippen LogP contribution is 2.32. The van der Waals surface area contributed by atoms with Crippen LogP contribution in [0.25, 0.3) is 0 Å². The molecule has 3 rings (SSSR count). The Bertz CT molecular complexity index is 472. The first-order valence-electron chi connectivity index (χ1n) is 7.30. The molecule has 1 unspecified atom stereocenters. The molecule has 0 N–H and O–H groups in total. The zero-order valence-electron chi connectivity index (χ0n) is 11.6. The van der Waals surface area contributed by atoms with E-state index in [0.717, 1.165) is 26.2 Å². The van der Waals surface area contributed by atoms with Gasteiger partial charge in [0.2, 0.25) is 0 Å². The largest absolute Gasteiger partial charge is 0.366 e. The van der Waals surface area contributed by atoms with Crippen LogP contribution in [0.15, 0.2) is 24.3 Å². The van der Waals surface area contributed by atoms with E-state index in [1.165, 1.54) is 24.1 Å². The molecule has 0 saturated carbocycles. The first kappa shape index (κ1) is 12.7. The number of benzene rings is 1. The quantitative estimate of drug-likeness (QED) is 0.829. The van der Waals surface area contributed by atoms with E-state index in [4.69, 9.17) is 0 Å². The third-order valence-electron chi connectivity index (χ3n) is 4.39. The van der Waals surface area contributed by atoms with Crippen molar-refractivity contribution in [3.63, 3.8) is 0 Å². The first-order valence-corrected chi connectivity index (χ1v) is 7.30. The molecule has 2 aliphatic rings. The maximum Gasteiger partial charge on any atom is 0.131 e. The van der Waals surface area contributed by atoms with Gasteiger partial charge in [-0.25, -0.2) is 0 Å². The smallest absolute Gasteiger partial charge is 0.131 e. The Kier molecular flexibility index (Phi) is 3.56. The molecule has 0 bridgehead atoms. The number of hydrogen-bond acceptors (Lipinski definition) is 3. The fourth-order valence-electron chi connectivity index (χ4n) is 3.33. The number of anilines is 1. The molecule has 0 radical (unpaired) electrons. The normalized spacial score (nSPS) is 22.8. The van der Waals surface area contributed by atoms with Gasteiger partial charge in [-0.05, 0) is 31.4 Å². The lowest BCUT2D eigenvalue weighted by molar-refractivity contribution is -0.117. The van der Waals surface area contributed by atoms with Gasteiger partial charge in [-0.3, -0.25) is 9.69 Å². The summed E-state index contributed by atoms with van der Waals surface area (Å²) in [4.78, 5) is 16.1. The molecule has 2 heterocycles. The van der Waals surface area contributed by atoms with Crippen molar-refractivity contribution >= 4 is 11.5 Å². The maximum absolute atomic E-state index is 11.1. The summed E-state index contributed by atoms with van der Waals surface area (Å²) in [6.45, 7) is 5.91. The predicted octanol–water partition coefficient (Wildman–Crippen LogP) is 2.10. The van der Waals surface area contributed by atoms with Crippen molar-refractivity contribution in [2.24, 2.45) is 0 Å². The molecule has 3 nitrogen and oxygen atoms in total. The molecule has 19 heavy (non-hydrogen) atoms. The van der Waals surface area contributed by atoms with Crippen LogP contribution in [0.3, 0.4) is 0 Å². The van der Waals surface area contributed by atoms with Crippen LogP contribution in [0.4, 0.5) is 5.69 Å². The Labute approximate surface area is 115 Å². The minimum absolute atomic E-state index is 0.302. The molecule has 3 heteroatoms. The zero-order valence-corrected chi connectivity index (χ0v) is 11.6. The van der Waals surface area contributed by atoms with Gasteiger partial charge in [0, 0.05) is 44.3 Å². The van der Waals surface area contributed by atoms with E-state index >= 15 is 0 Å². The molecule has 0 amide bonds. The molecule has 1 fully saturated rings. The number of ketones is 1. The second-order valence-electron chi connectivity index (χ2n) is 5.77. The van der Waals surface area contributed by atoms with Crippen molar-refractivity contribution in [2.45, 2.75) is 32.2 Å². The zero-order chi connectivity index (χ0) is 13.2. The molecule has 1 saturated heterocycles. The van der Waals surface area contributed by atoms with Crippen molar-refractivity contribution < 1.29 is 4.79 Å². The molecule has 102 valence electrons. The number of Topliss-reactive ketones (excluding diaryl/α,β-unsaturated/α-hetero) is 1. The Hall–Kier alpha value is -1.35. The SMILES string of the molecule is CC(=O)CCN1CCN2c3ccccc3CCC2C1. The number of fused-ring (bicyclic) bond motifs is 3. The Balaban J connectivity index is 1.67. The van der Waals surface area contributed by atoms with E-state index in [1.807, 2.05) is 0 Å². The molecule has 2 aliphatic heterocycles. The van der Waals surface area contributed by atoms with Gasteiger partial charge in [-0.2, -0.15) is 0 Å². The number of carbonyl (C=O) groups excluding carboxylic acids is 1. The van der Waals surface area contributed by atoms with E-state index in [0.29, 0.717) is 18.2 Å². The molecular formula is C16H22N2O. The number of hydrogen-bond donors (Lipinski definition) is 0. The lowest BCUT2D eigenvalue weighted by Gasteiger charge is -2.46. The maximum atomic E-state index is 11.1. The minimum atomic E-state index is 0.302. The van der Waals surface area contributed by atoms with Gasteiger partial charge < -0.3 is 4.90 Å². The third-order valence-corrected chi connectivity index (χ3v) is 4.39. The van der Waals surface area contributed by atoms with Crippen LogP contribution in [0.2, 0.25) is 0 Å². The van der Waals surface area contributed by atoms with Gasteiger partial charge in [-0.15, -0.1) is 0 Å². The molecule has 0 aromatic heterocycles. The fourth-order valence-corrected chi connectivity index (χ4v) is 3.33. The van der Waals surface area contributed by atoms with Crippen molar-refractivity contribution in [2.75, 3.05) is 31.1 Å². The first-order chi connectivity index (χ1) is 9.24. The van der Waals surface area contributed by atoms with E-state index in [-0.39, 0.29) is 0 Å². The summed E-state index contributed by atoms with van der Waals surface area (Å²) in [6, 6.07) is 9.43. The van der Waals surface area contributed by atoms with Crippen molar-refractivity contribution in [1.29, 1.82) is 0 Å². The number of carbonyl (C=O) groups is 1. The molecule has 1 aromatic carbocycles. The van der Waals surface area contributed by atoms with Gasteiger partial charge in [0.05, 0.1) is 0 Å². The van der Waals surface area contributed by atoms with Gasteiger partial charge in [0.25, 0.3) is 0 Å². The lowest BCUT2D eigenvalue weighted by Crippen LogP contribution is -2.55. The number of piperazine rings is 1. The van der Waals surface area contributed by atoms with Crippen LogP contribution in [0.5, 0.6) is 0 Å². The molecule has 0 aliphatic carbocycles. The highest BCUT2D eigenvalue weighted by Gasteiger charge is 2.31. The standard InChI is InChI=1S/C16H22N2O/c1-13(19)8-9-17-10-11-18-15(12-17)7-6-14-4-2-3-5-16(14)18/h2-5,15H,6-12H2,1H3. The number of rotatable bonds is 3. The fraction of sp³-hybridized carbons (Fsp3) is 0.562. The average molecular weight is 258 g/mol. The van der Waals surface area contributed by atoms with E-state index in [1.54, 1.807) is 6.92 Å². The lowest BCUT2D eigenvalue weighted by atomic mass is 9.94. The van der Waals surface area contributed by atoms with Gasteiger partial charge in [0.15, 0.2) is 0 Å². The molecule has 1 atom stereocenters. The molecule has 0 spiro atoms. The van der Waals surface area contributed by atoms with Gasteiger partial charge >= 0.3 is 0 Å². The topological polar surface area (TPSA) is 23.6 Å². The summed E-state index contributed by atoms with van der Waals surface area (Å²) in [6.07, 6.45) is 3.13. The van der Waals surface area contributed by atoms with E-state index in [2.05, 4.69) is 34.1 Å². The van der Waals surface area contributed by atoms with Crippen LogP contribution in [0.1, 0.15) is 25.3 Å². The van der Waals surface area contributed by atoms with Crippen LogP contribution in [-0.2, 0) is 11.2 Å². The van der Waals surface area contributed by atoms with E-state index in [9.17, 15) is 4.79 Å². The second kappa shape index (κ2) is 5.33. The number of nitrogens with zero attached hydrogens (tertiary/aromatic N) is 2. The van der Waals surface area contributed by atoms with E-state index < -0.39 is 0 Å². The van der Waals surface area contributed by atoms with Gasteiger partial charge in [-0.1, -0.05) is 18.2 Å². The highest BCUT2D eigenvalue weighted by atomic mass is 16.1. The molecular weight excluding hydrogens is 236 g/mol. The summed E-state index contributed by atoms with van der Waals surface area (Å²) in [5, 5.41) is 0. The van der Waals surface area contributed by atoms with Crippen molar-refractivity contribution in [3.05, 3.63) is 29.8 Å². The second-order valence-corrected chi connectivity index (χ2v) is 5.77. The summed E-state index contributed by atoms with van der Waals surface area (Å²) in [7, 11) is 0. The number of para-hydroxylation sites is 1. The summed E-state index contributed by atoms with van der Waals surface area (Å²) in [5.41, 5.74) is 2.93. The van der Waals surface area contributed by atoms with Gasteiger partial charge in [0.1, 0.15) is 5.78 Å². The molecule has 1 aromatic rings. The highest BCUT2D eigenvalue weighted by molar-refractivity contribution is 5.75. The average Bonchev–Trinajstić information content (AvgIpc) is 2.44. The Morgan fingerprint density at radius 1 is 1.32 bits per heavy atom. The van der Waals surface area contributed by atoms with Crippen molar-refractivity contribution in [1.82, 2.24) is 4.90 Å². The van der Waals surface area contributed by atoms with Crippen LogP contribution in [0, 0.1) is 0 Å².